The Kier molecular flexibility index (Phi) is 7.91. The Morgan fingerprint density at radius 2 is 1.83 bits per heavy atom. The Morgan fingerprint density at radius 1 is 1.21 bits per heavy atom. The molecule has 0 spiro atoms. The molecule has 1 rings (SSSR count). The van der Waals surface area contributed by atoms with Gasteiger partial charge in [0.2, 0.25) is 0 Å². The maximum atomic E-state index is 12.4. The van der Waals surface area contributed by atoms with Crippen LogP contribution in [0.2, 0.25) is 0 Å². The van der Waals surface area contributed by atoms with E-state index in [0.29, 0.717) is 5.56 Å². The Hall–Kier alpha value is -2.41. The molecule has 24 heavy (non-hydrogen) atoms. The molecule has 3 atom stereocenters. The van der Waals surface area contributed by atoms with Crippen LogP contribution in [-0.2, 0) is 23.9 Å². The zero-order chi connectivity index (χ0) is 18.1. The average Bonchev–Trinajstić information content (AvgIpc) is 2.54. The molecule has 0 saturated heterocycles. The second kappa shape index (κ2) is 9.67. The number of esters is 1. The van der Waals surface area contributed by atoms with Gasteiger partial charge in [0.05, 0.1) is 13.0 Å². The lowest BCUT2D eigenvalue weighted by atomic mass is 9.97. The van der Waals surface area contributed by atoms with E-state index in [1.807, 2.05) is 0 Å². The lowest BCUT2D eigenvalue weighted by Gasteiger charge is -2.23. The highest BCUT2D eigenvalue weighted by Gasteiger charge is 2.31. The summed E-state index contributed by atoms with van der Waals surface area (Å²) in [5.74, 6) is -2.93. The van der Waals surface area contributed by atoms with Gasteiger partial charge < -0.3 is 19.9 Å². The highest BCUT2D eigenvalue weighted by Crippen LogP contribution is 2.18. The van der Waals surface area contributed by atoms with Gasteiger partial charge in [0.1, 0.15) is 6.04 Å². The Labute approximate surface area is 141 Å². The van der Waals surface area contributed by atoms with Gasteiger partial charge in [0, 0.05) is 7.11 Å². The lowest BCUT2D eigenvalue weighted by molar-refractivity contribution is -0.148. The summed E-state index contributed by atoms with van der Waals surface area (Å²) in [6, 6.07) is 7.52. The zero-order valence-electron chi connectivity index (χ0n) is 14.0. The van der Waals surface area contributed by atoms with Crippen molar-refractivity contribution < 1.29 is 29.0 Å². The minimum absolute atomic E-state index is 0.103. The summed E-state index contributed by atoms with van der Waals surface area (Å²) in [6.45, 7) is 3.46. The number of rotatable bonds is 9. The van der Waals surface area contributed by atoms with Crippen molar-refractivity contribution in [1.82, 2.24) is 5.32 Å². The Balaban J connectivity index is 2.81. The summed E-state index contributed by atoms with van der Waals surface area (Å²) in [5.41, 5.74) is 0.611. The van der Waals surface area contributed by atoms with Crippen molar-refractivity contribution in [2.24, 2.45) is 5.92 Å². The van der Waals surface area contributed by atoms with Crippen molar-refractivity contribution in [3.63, 3.8) is 0 Å². The molecule has 132 valence electrons. The molecule has 0 saturated carbocycles. The molecule has 0 unspecified atom stereocenters. The predicted molar refractivity (Wildman–Crippen MR) is 86.2 cm³/mol. The van der Waals surface area contributed by atoms with E-state index < -0.39 is 35.9 Å². The van der Waals surface area contributed by atoms with Crippen LogP contribution in [0.5, 0.6) is 0 Å². The average molecular weight is 337 g/mol. The van der Waals surface area contributed by atoms with Gasteiger partial charge >= 0.3 is 11.9 Å². The third-order valence-corrected chi connectivity index (χ3v) is 3.50. The maximum absolute atomic E-state index is 12.4. The molecule has 0 aromatic heterocycles. The number of carbonyl (C=O) groups excluding carboxylic acids is 2. The van der Waals surface area contributed by atoms with Gasteiger partial charge in [-0.25, -0.2) is 4.79 Å². The van der Waals surface area contributed by atoms with Crippen LogP contribution < -0.4 is 5.32 Å². The lowest BCUT2D eigenvalue weighted by Crippen LogP contribution is -2.47. The van der Waals surface area contributed by atoms with Crippen LogP contribution in [0.15, 0.2) is 30.3 Å². The zero-order valence-corrected chi connectivity index (χ0v) is 14.0. The van der Waals surface area contributed by atoms with Crippen LogP contribution in [0.1, 0.15) is 31.9 Å². The number of nitrogens with one attached hydrogen (secondary N) is 1. The molecule has 7 nitrogen and oxygen atoms in total. The summed E-state index contributed by atoms with van der Waals surface area (Å²) >= 11 is 0. The number of amides is 1. The van der Waals surface area contributed by atoms with Crippen molar-refractivity contribution in [3.8, 4) is 0 Å². The number of aliphatic carboxylic acids is 1. The van der Waals surface area contributed by atoms with Crippen LogP contribution in [-0.4, -0.2) is 42.7 Å². The molecule has 0 aliphatic rings. The summed E-state index contributed by atoms with van der Waals surface area (Å²) in [4.78, 5) is 35.4. The van der Waals surface area contributed by atoms with Crippen LogP contribution in [0.25, 0.3) is 0 Å². The second-order valence-electron chi connectivity index (χ2n) is 5.34. The van der Waals surface area contributed by atoms with Gasteiger partial charge in [0.15, 0.2) is 6.10 Å². The SMILES string of the molecule is CCOC(=O)C[C@@H](C)[C@@H](NC(=O)[C@@H](OC)c1ccccc1)C(=O)O. The highest BCUT2D eigenvalue weighted by molar-refractivity contribution is 5.87. The van der Waals surface area contributed by atoms with Crippen LogP contribution in [0.4, 0.5) is 0 Å². The fourth-order valence-corrected chi connectivity index (χ4v) is 2.30. The molecule has 0 bridgehead atoms. The first-order chi connectivity index (χ1) is 11.4. The first-order valence-electron chi connectivity index (χ1n) is 7.67. The van der Waals surface area contributed by atoms with E-state index in [-0.39, 0.29) is 13.0 Å². The normalized spacial score (nSPS) is 14.3. The predicted octanol–water partition coefficient (Wildman–Crippen LogP) is 1.53. The van der Waals surface area contributed by atoms with E-state index >= 15 is 0 Å². The van der Waals surface area contributed by atoms with Crippen molar-refractivity contribution in [1.29, 1.82) is 0 Å². The largest absolute Gasteiger partial charge is 0.480 e. The van der Waals surface area contributed by atoms with E-state index in [9.17, 15) is 19.5 Å². The Morgan fingerprint density at radius 3 is 2.33 bits per heavy atom. The van der Waals surface area contributed by atoms with Crippen molar-refractivity contribution in [3.05, 3.63) is 35.9 Å². The van der Waals surface area contributed by atoms with Crippen molar-refractivity contribution >= 4 is 17.8 Å². The molecule has 7 heteroatoms. The van der Waals surface area contributed by atoms with Gasteiger partial charge in [0.25, 0.3) is 5.91 Å². The Bertz CT molecular complexity index is 559. The number of carboxylic acid groups (broad SMARTS) is 1. The topological polar surface area (TPSA) is 102 Å². The third-order valence-electron chi connectivity index (χ3n) is 3.50. The molecular formula is C17H23NO6. The molecule has 0 fully saturated rings. The van der Waals surface area contributed by atoms with Gasteiger partial charge in [-0.05, 0) is 18.4 Å². The van der Waals surface area contributed by atoms with Crippen molar-refractivity contribution in [2.75, 3.05) is 13.7 Å². The summed E-state index contributed by atoms with van der Waals surface area (Å²) in [7, 11) is 1.37. The molecule has 0 heterocycles. The first-order valence-corrected chi connectivity index (χ1v) is 7.67. The number of carbonyl (C=O) groups is 3. The van der Waals surface area contributed by atoms with Crippen LogP contribution in [0.3, 0.4) is 0 Å². The first kappa shape index (κ1) is 19.6. The van der Waals surface area contributed by atoms with Gasteiger partial charge in [-0.1, -0.05) is 37.3 Å². The van der Waals surface area contributed by atoms with E-state index in [1.54, 1.807) is 44.2 Å². The number of benzene rings is 1. The minimum Gasteiger partial charge on any atom is -0.480 e. The second-order valence-corrected chi connectivity index (χ2v) is 5.34. The van der Waals surface area contributed by atoms with Gasteiger partial charge in [-0.15, -0.1) is 0 Å². The van der Waals surface area contributed by atoms with Crippen LogP contribution in [0, 0.1) is 5.92 Å². The molecule has 2 N–H and O–H groups in total. The molecule has 1 amide bonds. The van der Waals surface area contributed by atoms with Gasteiger partial charge in [-0.3, -0.25) is 9.59 Å². The highest BCUT2D eigenvalue weighted by atomic mass is 16.5. The number of methoxy groups -OCH3 is 1. The quantitative estimate of drug-likeness (QED) is 0.663. The molecule has 0 radical (unpaired) electrons. The molecular weight excluding hydrogens is 314 g/mol. The van der Waals surface area contributed by atoms with Crippen molar-refractivity contribution in [2.45, 2.75) is 32.4 Å². The standard InChI is InChI=1S/C17H23NO6/c1-4-24-13(19)10-11(2)14(17(21)22)18-16(20)15(23-3)12-8-6-5-7-9-12/h5-9,11,14-15H,4,10H2,1-3H3,(H,18,20)(H,21,22)/t11-,14-,15+/m1/s1. The van der Waals surface area contributed by atoms with E-state index in [4.69, 9.17) is 9.47 Å². The minimum atomic E-state index is -1.22. The van der Waals surface area contributed by atoms with E-state index in [1.165, 1.54) is 7.11 Å². The molecule has 1 aromatic rings. The molecule has 0 aliphatic carbocycles. The number of hydrogen-bond acceptors (Lipinski definition) is 5. The van der Waals surface area contributed by atoms with Crippen LogP contribution >= 0.6 is 0 Å². The number of ether oxygens (including phenoxy) is 2. The fourth-order valence-electron chi connectivity index (χ4n) is 2.30. The summed E-state index contributed by atoms with van der Waals surface area (Å²) in [6.07, 6.45) is -1.03. The smallest absolute Gasteiger partial charge is 0.326 e. The summed E-state index contributed by atoms with van der Waals surface area (Å²) in [5, 5.41) is 11.8. The summed E-state index contributed by atoms with van der Waals surface area (Å²) < 4.78 is 10.00. The third kappa shape index (κ3) is 5.66. The number of hydrogen-bond donors (Lipinski definition) is 2. The van der Waals surface area contributed by atoms with Gasteiger partial charge in [-0.2, -0.15) is 0 Å². The number of carboxylic acids is 1. The molecule has 0 aliphatic heterocycles. The van der Waals surface area contributed by atoms with E-state index in [0.717, 1.165) is 0 Å². The maximum Gasteiger partial charge on any atom is 0.326 e. The van der Waals surface area contributed by atoms with E-state index in [2.05, 4.69) is 5.32 Å². The molecule has 1 aromatic carbocycles. The monoisotopic (exact) mass is 337 g/mol. The fraction of sp³-hybridized carbons (Fsp3) is 0.471.